The highest BCUT2D eigenvalue weighted by Crippen LogP contribution is 2.13. The van der Waals surface area contributed by atoms with Crippen LogP contribution in [0.5, 0.6) is 0 Å². The number of rotatable bonds is 5. The Balaban J connectivity index is 1.78. The molecular formula is C18H20N4. The Labute approximate surface area is 130 Å². The minimum absolute atomic E-state index is 0.566. The van der Waals surface area contributed by atoms with Gasteiger partial charge in [-0.2, -0.15) is 0 Å². The zero-order valence-electron chi connectivity index (χ0n) is 12.4. The second kappa shape index (κ2) is 6.45. The number of aromatic nitrogens is 2. The molecule has 0 aliphatic carbocycles. The third-order valence-electron chi connectivity index (χ3n) is 3.72. The van der Waals surface area contributed by atoms with Crippen LogP contribution in [-0.2, 0) is 19.5 Å². The van der Waals surface area contributed by atoms with E-state index in [9.17, 15) is 0 Å². The van der Waals surface area contributed by atoms with Crippen LogP contribution in [0.2, 0.25) is 0 Å². The molecular weight excluding hydrogens is 272 g/mol. The van der Waals surface area contributed by atoms with Crippen LogP contribution in [0.15, 0.2) is 60.9 Å². The van der Waals surface area contributed by atoms with Gasteiger partial charge in [0, 0.05) is 37.6 Å². The minimum Gasteiger partial charge on any atom is -0.399 e. The number of hydrogen-bond donors (Lipinski definition) is 2. The summed E-state index contributed by atoms with van der Waals surface area (Å²) in [5.41, 5.74) is 15.8. The van der Waals surface area contributed by atoms with Crippen molar-refractivity contribution < 1.29 is 0 Å². The van der Waals surface area contributed by atoms with Gasteiger partial charge in [0.1, 0.15) is 5.82 Å². The van der Waals surface area contributed by atoms with Crippen LogP contribution in [0, 0.1) is 0 Å². The number of nitrogens with zero attached hydrogens (tertiary/aromatic N) is 2. The number of nitrogen functional groups attached to an aromatic ring is 1. The molecule has 0 unspecified atom stereocenters. The van der Waals surface area contributed by atoms with E-state index in [1.807, 2.05) is 48.8 Å². The zero-order valence-corrected chi connectivity index (χ0v) is 12.4. The molecule has 0 saturated carbocycles. The van der Waals surface area contributed by atoms with Gasteiger partial charge in [0.25, 0.3) is 0 Å². The highest BCUT2D eigenvalue weighted by atomic mass is 15.1. The highest BCUT2D eigenvalue weighted by Gasteiger charge is 2.05. The van der Waals surface area contributed by atoms with E-state index >= 15 is 0 Å². The van der Waals surface area contributed by atoms with Crippen LogP contribution in [-0.4, -0.2) is 9.55 Å². The van der Waals surface area contributed by atoms with E-state index < -0.39 is 0 Å². The van der Waals surface area contributed by atoms with Gasteiger partial charge in [-0.15, -0.1) is 0 Å². The standard InChI is InChI=1S/C18H20N4/c19-12-15-2-1-3-16(10-15)13-22-9-8-21-18(22)11-14-4-6-17(20)7-5-14/h1-10H,11-13,19-20H2. The maximum atomic E-state index is 5.73. The molecule has 0 saturated heterocycles. The summed E-state index contributed by atoms with van der Waals surface area (Å²) in [5.74, 6) is 1.04. The van der Waals surface area contributed by atoms with Gasteiger partial charge in [0.15, 0.2) is 0 Å². The molecule has 1 heterocycles. The van der Waals surface area contributed by atoms with Gasteiger partial charge in [-0.25, -0.2) is 4.98 Å². The Morgan fingerprint density at radius 2 is 1.73 bits per heavy atom. The Kier molecular flexibility index (Phi) is 4.21. The smallest absolute Gasteiger partial charge is 0.113 e. The van der Waals surface area contributed by atoms with Crippen LogP contribution in [0.4, 0.5) is 5.69 Å². The van der Waals surface area contributed by atoms with Crippen molar-refractivity contribution in [3.8, 4) is 0 Å². The Morgan fingerprint density at radius 1 is 0.955 bits per heavy atom. The summed E-state index contributed by atoms with van der Waals surface area (Å²) < 4.78 is 2.17. The van der Waals surface area contributed by atoms with Crippen molar-refractivity contribution in [1.82, 2.24) is 9.55 Å². The largest absolute Gasteiger partial charge is 0.399 e. The lowest BCUT2D eigenvalue weighted by Gasteiger charge is -2.09. The van der Waals surface area contributed by atoms with Gasteiger partial charge >= 0.3 is 0 Å². The molecule has 22 heavy (non-hydrogen) atoms. The molecule has 0 aliphatic heterocycles. The van der Waals surface area contributed by atoms with Gasteiger partial charge in [0.05, 0.1) is 0 Å². The molecule has 3 aromatic rings. The van der Waals surface area contributed by atoms with E-state index in [0.29, 0.717) is 6.54 Å². The number of benzene rings is 2. The zero-order chi connectivity index (χ0) is 15.4. The normalized spacial score (nSPS) is 10.8. The highest BCUT2D eigenvalue weighted by molar-refractivity contribution is 5.40. The van der Waals surface area contributed by atoms with E-state index in [2.05, 4.69) is 21.7 Å². The summed E-state index contributed by atoms with van der Waals surface area (Å²) in [6.45, 7) is 1.37. The predicted molar refractivity (Wildman–Crippen MR) is 89.3 cm³/mol. The summed E-state index contributed by atoms with van der Waals surface area (Å²) in [6, 6.07) is 16.3. The van der Waals surface area contributed by atoms with E-state index in [4.69, 9.17) is 11.5 Å². The Morgan fingerprint density at radius 3 is 2.50 bits per heavy atom. The van der Waals surface area contributed by atoms with Gasteiger partial charge in [0.2, 0.25) is 0 Å². The van der Waals surface area contributed by atoms with E-state index in [-0.39, 0.29) is 0 Å². The number of hydrogen-bond acceptors (Lipinski definition) is 3. The molecule has 0 spiro atoms. The molecule has 1 aromatic heterocycles. The quantitative estimate of drug-likeness (QED) is 0.710. The Bertz CT molecular complexity index is 744. The van der Waals surface area contributed by atoms with Crippen molar-refractivity contribution in [2.45, 2.75) is 19.5 Å². The van der Waals surface area contributed by atoms with Crippen LogP contribution < -0.4 is 11.5 Å². The number of imidazole rings is 1. The first-order valence-corrected chi connectivity index (χ1v) is 7.37. The fraction of sp³-hybridized carbons (Fsp3) is 0.167. The van der Waals surface area contributed by atoms with Crippen molar-refractivity contribution in [2.75, 3.05) is 5.73 Å². The second-order valence-electron chi connectivity index (χ2n) is 5.41. The van der Waals surface area contributed by atoms with Gasteiger partial charge in [-0.3, -0.25) is 0 Å². The van der Waals surface area contributed by atoms with Gasteiger partial charge in [-0.1, -0.05) is 36.4 Å². The molecule has 0 atom stereocenters. The lowest BCUT2D eigenvalue weighted by Crippen LogP contribution is -2.06. The van der Waals surface area contributed by atoms with Crippen molar-refractivity contribution in [3.05, 3.63) is 83.4 Å². The van der Waals surface area contributed by atoms with Crippen molar-refractivity contribution >= 4 is 5.69 Å². The molecule has 4 heteroatoms. The van der Waals surface area contributed by atoms with Gasteiger partial charge < -0.3 is 16.0 Å². The predicted octanol–water partition coefficient (Wildman–Crippen LogP) is 2.56. The first kappa shape index (κ1) is 14.4. The number of anilines is 1. The average Bonchev–Trinajstić information content (AvgIpc) is 2.97. The summed E-state index contributed by atoms with van der Waals surface area (Å²) in [7, 11) is 0. The average molecular weight is 292 g/mol. The third kappa shape index (κ3) is 3.35. The summed E-state index contributed by atoms with van der Waals surface area (Å²) in [5, 5.41) is 0. The van der Waals surface area contributed by atoms with Crippen LogP contribution in [0.1, 0.15) is 22.5 Å². The van der Waals surface area contributed by atoms with Crippen molar-refractivity contribution in [3.63, 3.8) is 0 Å². The van der Waals surface area contributed by atoms with Crippen LogP contribution in [0.3, 0.4) is 0 Å². The molecule has 3 rings (SSSR count). The van der Waals surface area contributed by atoms with Crippen LogP contribution in [0.25, 0.3) is 0 Å². The summed E-state index contributed by atoms with van der Waals surface area (Å²) in [4.78, 5) is 4.48. The molecule has 2 aromatic carbocycles. The van der Waals surface area contributed by atoms with Crippen molar-refractivity contribution in [2.24, 2.45) is 5.73 Å². The molecule has 112 valence electrons. The topological polar surface area (TPSA) is 69.9 Å². The first-order chi connectivity index (χ1) is 10.7. The minimum atomic E-state index is 0.566. The van der Waals surface area contributed by atoms with Crippen LogP contribution >= 0.6 is 0 Å². The second-order valence-corrected chi connectivity index (χ2v) is 5.41. The third-order valence-corrected chi connectivity index (χ3v) is 3.72. The maximum absolute atomic E-state index is 5.73. The summed E-state index contributed by atoms with van der Waals surface area (Å²) >= 11 is 0. The fourth-order valence-corrected chi connectivity index (χ4v) is 2.52. The Hall–Kier alpha value is -2.59. The molecule has 0 radical (unpaired) electrons. The molecule has 4 nitrogen and oxygen atoms in total. The fourth-order valence-electron chi connectivity index (χ4n) is 2.52. The molecule has 0 bridgehead atoms. The van der Waals surface area contributed by atoms with E-state index in [1.165, 1.54) is 11.1 Å². The molecule has 0 amide bonds. The number of nitrogens with two attached hydrogens (primary N) is 2. The van der Waals surface area contributed by atoms with Gasteiger partial charge in [-0.05, 0) is 28.8 Å². The SMILES string of the molecule is NCc1cccc(Cn2ccnc2Cc2ccc(N)cc2)c1. The van der Waals surface area contributed by atoms with E-state index in [0.717, 1.165) is 30.0 Å². The molecule has 4 N–H and O–H groups in total. The lowest BCUT2D eigenvalue weighted by molar-refractivity contribution is 0.739. The first-order valence-electron chi connectivity index (χ1n) is 7.37. The van der Waals surface area contributed by atoms with Crippen molar-refractivity contribution in [1.29, 1.82) is 0 Å². The maximum Gasteiger partial charge on any atom is 0.113 e. The lowest BCUT2D eigenvalue weighted by atomic mass is 10.1. The molecule has 0 fully saturated rings. The monoisotopic (exact) mass is 292 g/mol. The van der Waals surface area contributed by atoms with E-state index in [1.54, 1.807) is 0 Å². The molecule has 0 aliphatic rings. The summed E-state index contributed by atoms with van der Waals surface area (Å²) in [6.07, 6.45) is 4.66.